The number of hydrogen-bond donors (Lipinski definition) is 1. The molecule has 0 spiro atoms. The number of fused-ring (bicyclic) bond motifs is 1. The van der Waals surface area contributed by atoms with Gasteiger partial charge in [0.2, 0.25) is 0 Å². The molecule has 28 heavy (non-hydrogen) atoms. The van der Waals surface area contributed by atoms with Crippen molar-refractivity contribution in [2.24, 2.45) is 0 Å². The Balaban J connectivity index is 1.51. The van der Waals surface area contributed by atoms with E-state index in [-0.39, 0.29) is 5.91 Å². The Bertz CT molecular complexity index is 825. The van der Waals surface area contributed by atoms with Gasteiger partial charge in [0, 0.05) is 45.9 Å². The fourth-order valence-electron chi connectivity index (χ4n) is 4.19. The second-order valence-corrected chi connectivity index (χ2v) is 8.71. The number of carbonyl (C=O) groups is 1. The van der Waals surface area contributed by atoms with Crippen LogP contribution in [0.5, 0.6) is 0 Å². The maximum Gasteiger partial charge on any atom is 0.264 e. The number of nitrogens with zero attached hydrogens (tertiary/aromatic N) is 4. The quantitative estimate of drug-likeness (QED) is 0.800. The van der Waals surface area contributed by atoms with Crippen LogP contribution in [0.4, 0.5) is 5.82 Å². The lowest BCUT2D eigenvalue weighted by Crippen LogP contribution is -2.49. The first-order valence-corrected chi connectivity index (χ1v) is 11.0. The Morgan fingerprint density at radius 1 is 1.25 bits per heavy atom. The van der Waals surface area contributed by atoms with E-state index in [1.807, 2.05) is 11.8 Å². The lowest BCUT2D eigenvalue weighted by Gasteiger charge is -2.34. The summed E-state index contributed by atoms with van der Waals surface area (Å²) in [6.07, 6.45) is 6.53. The minimum atomic E-state index is 0.124. The largest absolute Gasteiger partial charge is 0.383 e. The number of aryl methyl sites for hydroxylation is 1. The number of anilines is 1. The van der Waals surface area contributed by atoms with Crippen molar-refractivity contribution in [1.82, 2.24) is 19.8 Å². The minimum absolute atomic E-state index is 0.124. The molecule has 2 aliphatic rings. The van der Waals surface area contributed by atoms with E-state index in [9.17, 15) is 4.79 Å². The van der Waals surface area contributed by atoms with Crippen LogP contribution in [-0.4, -0.2) is 78.2 Å². The Morgan fingerprint density at radius 3 is 2.71 bits per heavy atom. The van der Waals surface area contributed by atoms with Crippen molar-refractivity contribution in [2.75, 3.05) is 51.8 Å². The number of carbonyl (C=O) groups excluding carboxylic acids is 1. The summed E-state index contributed by atoms with van der Waals surface area (Å²) in [5.41, 5.74) is 1.01. The number of ether oxygens (including phenoxy) is 1. The van der Waals surface area contributed by atoms with Crippen molar-refractivity contribution in [3.8, 4) is 0 Å². The average Bonchev–Trinajstić information content (AvgIpc) is 3.34. The number of amides is 1. The van der Waals surface area contributed by atoms with Crippen LogP contribution in [0.25, 0.3) is 10.2 Å². The molecule has 1 saturated carbocycles. The van der Waals surface area contributed by atoms with E-state index in [0.29, 0.717) is 6.04 Å². The van der Waals surface area contributed by atoms with Gasteiger partial charge in [-0.15, -0.1) is 11.3 Å². The molecule has 0 radical (unpaired) electrons. The number of piperazine rings is 1. The summed E-state index contributed by atoms with van der Waals surface area (Å²) in [4.78, 5) is 28.2. The SMILES string of the molecule is COCCN1CCN(C(=O)c2sc3ncnc(NC4CCCC4)c3c2C)CC1. The minimum Gasteiger partial charge on any atom is -0.383 e. The van der Waals surface area contributed by atoms with E-state index in [1.54, 1.807) is 13.4 Å². The van der Waals surface area contributed by atoms with Gasteiger partial charge >= 0.3 is 0 Å². The van der Waals surface area contributed by atoms with Crippen LogP contribution >= 0.6 is 11.3 Å². The summed E-state index contributed by atoms with van der Waals surface area (Å²) in [5, 5.41) is 4.61. The lowest BCUT2D eigenvalue weighted by atomic mass is 10.1. The lowest BCUT2D eigenvalue weighted by molar-refractivity contribution is 0.0598. The fourth-order valence-corrected chi connectivity index (χ4v) is 5.30. The Morgan fingerprint density at radius 2 is 2.00 bits per heavy atom. The van der Waals surface area contributed by atoms with Gasteiger partial charge in [-0.25, -0.2) is 9.97 Å². The maximum absolute atomic E-state index is 13.2. The summed E-state index contributed by atoms with van der Waals surface area (Å²) in [5.74, 6) is 1.01. The van der Waals surface area contributed by atoms with Crippen molar-refractivity contribution in [3.05, 3.63) is 16.8 Å². The number of methoxy groups -OCH3 is 1. The third-order valence-corrected chi connectivity index (χ3v) is 7.08. The maximum atomic E-state index is 13.2. The van der Waals surface area contributed by atoms with E-state index in [4.69, 9.17) is 4.74 Å². The van der Waals surface area contributed by atoms with Crippen LogP contribution in [0.1, 0.15) is 40.9 Å². The third-order valence-electron chi connectivity index (χ3n) is 5.89. The van der Waals surface area contributed by atoms with E-state index < -0.39 is 0 Å². The van der Waals surface area contributed by atoms with E-state index in [1.165, 1.54) is 37.0 Å². The summed E-state index contributed by atoms with van der Waals surface area (Å²) in [6, 6.07) is 0.483. The first kappa shape index (κ1) is 19.5. The van der Waals surface area contributed by atoms with Gasteiger partial charge in [0.25, 0.3) is 5.91 Å². The van der Waals surface area contributed by atoms with Gasteiger partial charge in [0.15, 0.2) is 0 Å². The summed E-state index contributed by atoms with van der Waals surface area (Å²) >= 11 is 1.50. The monoisotopic (exact) mass is 403 g/mol. The highest BCUT2D eigenvalue weighted by atomic mass is 32.1. The predicted octanol–water partition coefficient (Wildman–Crippen LogP) is 2.76. The molecule has 0 unspecified atom stereocenters. The zero-order chi connectivity index (χ0) is 19.5. The van der Waals surface area contributed by atoms with Crippen LogP contribution in [0.3, 0.4) is 0 Å². The van der Waals surface area contributed by atoms with Gasteiger partial charge in [-0.2, -0.15) is 0 Å². The highest BCUT2D eigenvalue weighted by Crippen LogP contribution is 2.35. The average molecular weight is 404 g/mol. The summed E-state index contributed by atoms with van der Waals surface area (Å²) < 4.78 is 5.16. The molecule has 2 aromatic rings. The van der Waals surface area contributed by atoms with Crippen molar-refractivity contribution in [3.63, 3.8) is 0 Å². The fraction of sp³-hybridized carbons (Fsp3) is 0.650. The number of aromatic nitrogens is 2. The molecule has 4 rings (SSSR count). The summed E-state index contributed by atoms with van der Waals surface area (Å²) in [7, 11) is 1.72. The molecule has 1 N–H and O–H groups in total. The van der Waals surface area contributed by atoms with Crippen molar-refractivity contribution in [2.45, 2.75) is 38.6 Å². The number of nitrogens with one attached hydrogen (secondary N) is 1. The summed E-state index contributed by atoms with van der Waals surface area (Å²) in [6.45, 7) is 7.00. The van der Waals surface area contributed by atoms with Gasteiger partial charge in [-0.05, 0) is 25.3 Å². The zero-order valence-electron chi connectivity index (χ0n) is 16.7. The molecule has 1 aliphatic heterocycles. The molecule has 1 saturated heterocycles. The first-order valence-electron chi connectivity index (χ1n) is 10.2. The molecule has 2 fully saturated rings. The Kier molecular flexibility index (Phi) is 6.08. The molecule has 0 aromatic carbocycles. The van der Waals surface area contributed by atoms with Crippen molar-refractivity contribution < 1.29 is 9.53 Å². The molecule has 7 nitrogen and oxygen atoms in total. The highest BCUT2D eigenvalue weighted by molar-refractivity contribution is 7.20. The van der Waals surface area contributed by atoms with Gasteiger partial charge in [-0.1, -0.05) is 12.8 Å². The van der Waals surface area contributed by atoms with Gasteiger partial charge < -0.3 is 15.0 Å². The second kappa shape index (κ2) is 8.71. The normalized spacial score (nSPS) is 18.9. The number of hydrogen-bond acceptors (Lipinski definition) is 7. The van der Waals surface area contributed by atoms with Crippen molar-refractivity contribution >= 4 is 33.3 Å². The molecule has 8 heteroatoms. The molecule has 1 aliphatic carbocycles. The van der Waals surface area contributed by atoms with Crippen LogP contribution in [0.2, 0.25) is 0 Å². The highest BCUT2D eigenvalue weighted by Gasteiger charge is 2.27. The molecular weight excluding hydrogens is 374 g/mol. The van der Waals surface area contributed by atoms with Crippen LogP contribution in [-0.2, 0) is 4.74 Å². The number of thiophene rings is 1. The van der Waals surface area contributed by atoms with Gasteiger partial charge in [0.05, 0.1) is 16.9 Å². The first-order chi connectivity index (χ1) is 13.7. The third kappa shape index (κ3) is 3.99. The zero-order valence-corrected chi connectivity index (χ0v) is 17.6. The molecule has 1 amide bonds. The molecular formula is C20H29N5O2S. The van der Waals surface area contributed by atoms with E-state index in [0.717, 1.165) is 65.8 Å². The second-order valence-electron chi connectivity index (χ2n) is 7.71. The smallest absolute Gasteiger partial charge is 0.264 e. The topological polar surface area (TPSA) is 70.6 Å². The molecule has 2 aromatic heterocycles. The molecule has 152 valence electrons. The molecule has 0 atom stereocenters. The van der Waals surface area contributed by atoms with Gasteiger partial charge in [0.1, 0.15) is 17.0 Å². The van der Waals surface area contributed by atoms with Crippen LogP contribution in [0, 0.1) is 6.92 Å². The molecule has 3 heterocycles. The molecule has 0 bridgehead atoms. The predicted molar refractivity (Wildman–Crippen MR) is 112 cm³/mol. The van der Waals surface area contributed by atoms with E-state index >= 15 is 0 Å². The van der Waals surface area contributed by atoms with Crippen LogP contribution in [0.15, 0.2) is 6.33 Å². The Labute approximate surface area is 170 Å². The van der Waals surface area contributed by atoms with Crippen molar-refractivity contribution in [1.29, 1.82) is 0 Å². The standard InChI is InChI=1S/C20H29N5O2S/c1-14-16-18(23-15-5-3-4-6-15)21-13-22-19(16)28-17(14)20(26)25-9-7-24(8-10-25)11-12-27-2/h13,15H,3-12H2,1-2H3,(H,21,22,23). The van der Waals surface area contributed by atoms with Crippen LogP contribution < -0.4 is 5.32 Å². The number of rotatable bonds is 6. The van der Waals surface area contributed by atoms with Gasteiger partial charge in [-0.3, -0.25) is 9.69 Å². The Hall–Kier alpha value is -1.77. The van der Waals surface area contributed by atoms with E-state index in [2.05, 4.69) is 20.2 Å².